The van der Waals surface area contributed by atoms with Crippen molar-refractivity contribution in [1.82, 2.24) is 5.32 Å². The molecule has 1 atom stereocenters. The highest BCUT2D eigenvalue weighted by Gasteiger charge is 2.30. The third-order valence-corrected chi connectivity index (χ3v) is 4.02. The maximum Gasteiger partial charge on any atom is 0.119 e. The zero-order chi connectivity index (χ0) is 14.6. The fourth-order valence-corrected chi connectivity index (χ4v) is 2.78. The summed E-state index contributed by atoms with van der Waals surface area (Å²) >= 11 is 0. The van der Waals surface area contributed by atoms with Gasteiger partial charge in [-0.2, -0.15) is 0 Å². The Hall–Kier alpha value is -1.06. The van der Waals surface area contributed by atoms with Crippen molar-refractivity contribution in [2.75, 3.05) is 6.54 Å². The summed E-state index contributed by atoms with van der Waals surface area (Å²) < 4.78 is 5.65. The van der Waals surface area contributed by atoms with Crippen LogP contribution in [0, 0.1) is 0 Å². The summed E-state index contributed by atoms with van der Waals surface area (Å²) in [5, 5.41) is 13.8. The van der Waals surface area contributed by atoms with Crippen molar-refractivity contribution in [1.29, 1.82) is 0 Å². The van der Waals surface area contributed by atoms with Gasteiger partial charge < -0.3 is 15.2 Å². The second-order valence-corrected chi connectivity index (χ2v) is 6.27. The minimum atomic E-state index is -0.491. The Morgan fingerprint density at radius 3 is 2.30 bits per heavy atom. The number of aliphatic hydroxyl groups is 1. The minimum Gasteiger partial charge on any atom is -0.491 e. The standard InChI is InChI=1S/C17H27NO2/c1-13(2)20-16-8-6-15(7-9-16)14(3)18-12-17(19)10-4-5-11-17/h6-9,13-14,18-19H,4-5,10-12H2,1-3H3. The van der Waals surface area contributed by atoms with Gasteiger partial charge in [-0.25, -0.2) is 0 Å². The van der Waals surface area contributed by atoms with E-state index in [1.165, 1.54) is 5.56 Å². The lowest BCUT2D eigenvalue weighted by atomic mass is 10.0. The first kappa shape index (κ1) is 15.3. The third-order valence-electron chi connectivity index (χ3n) is 4.02. The summed E-state index contributed by atoms with van der Waals surface area (Å²) in [4.78, 5) is 0. The number of hydrogen-bond acceptors (Lipinski definition) is 3. The highest BCUT2D eigenvalue weighted by atomic mass is 16.5. The predicted octanol–water partition coefficient (Wildman–Crippen LogP) is 3.43. The molecular weight excluding hydrogens is 250 g/mol. The Bertz CT molecular complexity index is 408. The first-order valence-electron chi connectivity index (χ1n) is 7.71. The minimum absolute atomic E-state index is 0.202. The molecule has 2 rings (SSSR count). The van der Waals surface area contributed by atoms with Crippen LogP contribution in [0.1, 0.15) is 58.1 Å². The van der Waals surface area contributed by atoms with Gasteiger partial charge in [0.25, 0.3) is 0 Å². The van der Waals surface area contributed by atoms with Crippen molar-refractivity contribution in [3.05, 3.63) is 29.8 Å². The summed E-state index contributed by atoms with van der Waals surface area (Å²) in [7, 11) is 0. The molecule has 1 aliphatic carbocycles. The molecule has 1 aliphatic rings. The van der Waals surface area contributed by atoms with Crippen LogP contribution < -0.4 is 10.1 Å². The highest BCUT2D eigenvalue weighted by molar-refractivity contribution is 5.29. The molecule has 1 unspecified atom stereocenters. The van der Waals surface area contributed by atoms with Gasteiger partial charge >= 0.3 is 0 Å². The van der Waals surface area contributed by atoms with E-state index in [1.807, 2.05) is 26.0 Å². The fraction of sp³-hybridized carbons (Fsp3) is 0.647. The lowest BCUT2D eigenvalue weighted by Crippen LogP contribution is -2.39. The van der Waals surface area contributed by atoms with E-state index in [4.69, 9.17) is 4.74 Å². The number of ether oxygens (including phenoxy) is 1. The molecule has 2 N–H and O–H groups in total. The number of rotatable bonds is 6. The Labute approximate surface area is 122 Å². The molecule has 0 spiro atoms. The summed E-state index contributed by atoms with van der Waals surface area (Å²) in [6.45, 7) is 6.87. The normalized spacial score (nSPS) is 19.2. The van der Waals surface area contributed by atoms with Crippen molar-refractivity contribution < 1.29 is 9.84 Å². The molecule has 1 fully saturated rings. The molecule has 1 aromatic carbocycles. The average molecular weight is 277 g/mol. The third kappa shape index (κ3) is 4.22. The van der Waals surface area contributed by atoms with E-state index >= 15 is 0 Å². The number of benzene rings is 1. The van der Waals surface area contributed by atoms with Gasteiger partial charge in [0.05, 0.1) is 11.7 Å². The van der Waals surface area contributed by atoms with Crippen molar-refractivity contribution in [2.45, 2.75) is 64.2 Å². The summed E-state index contributed by atoms with van der Waals surface area (Å²) in [6.07, 6.45) is 4.34. The molecule has 20 heavy (non-hydrogen) atoms. The van der Waals surface area contributed by atoms with Crippen molar-refractivity contribution >= 4 is 0 Å². The molecule has 0 aliphatic heterocycles. The van der Waals surface area contributed by atoms with Crippen LogP contribution in [0.3, 0.4) is 0 Å². The highest BCUT2D eigenvalue weighted by Crippen LogP contribution is 2.29. The first-order chi connectivity index (χ1) is 9.48. The largest absolute Gasteiger partial charge is 0.491 e. The van der Waals surface area contributed by atoms with Crippen molar-refractivity contribution in [3.63, 3.8) is 0 Å². The predicted molar refractivity (Wildman–Crippen MR) is 82.0 cm³/mol. The maximum atomic E-state index is 10.3. The molecule has 112 valence electrons. The zero-order valence-electron chi connectivity index (χ0n) is 12.9. The molecule has 3 nitrogen and oxygen atoms in total. The van der Waals surface area contributed by atoms with Gasteiger partial charge in [-0.05, 0) is 51.3 Å². The molecule has 0 radical (unpaired) electrons. The van der Waals surface area contributed by atoms with Gasteiger partial charge in [0, 0.05) is 12.6 Å². The molecule has 1 saturated carbocycles. The lowest BCUT2D eigenvalue weighted by Gasteiger charge is -2.25. The van der Waals surface area contributed by atoms with Crippen molar-refractivity contribution in [2.24, 2.45) is 0 Å². The van der Waals surface area contributed by atoms with Gasteiger partial charge in [-0.15, -0.1) is 0 Å². The van der Waals surface area contributed by atoms with Crippen LogP contribution in [-0.2, 0) is 0 Å². The van der Waals surface area contributed by atoms with Gasteiger partial charge in [0.2, 0.25) is 0 Å². The number of nitrogens with one attached hydrogen (secondary N) is 1. The maximum absolute atomic E-state index is 10.3. The summed E-state index contributed by atoms with van der Waals surface area (Å²) in [6, 6.07) is 8.45. The summed E-state index contributed by atoms with van der Waals surface area (Å²) in [5.41, 5.74) is 0.734. The van der Waals surface area contributed by atoms with Gasteiger partial charge in [0.15, 0.2) is 0 Å². The van der Waals surface area contributed by atoms with Gasteiger partial charge in [-0.3, -0.25) is 0 Å². The van der Waals surface area contributed by atoms with Crippen LogP contribution in [0.15, 0.2) is 24.3 Å². The Kier molecular flexibility index (Phi) is 5.06. The molecule has 0 saturated heterocycles. The Morgan fingerprint density at radius 1 is 1.15 bits per heavy atom. The Morgan fingerprint density at radius 2 is 1.75 bits per heavy atom. The van der Waals surface area contributed by atoms with Crippen LogP contribution in [-0.4, -0.2) is 23.4 Å². The molecule has 0 amide bonds. The fourth-order valence-electron chi connectivity index (χ4n) is 2.78. The van der Waals surface area contributed by atoms with E-state index in [0.717, 1.165) is 31.4 Å². The smallest absolute Gasteiger partial charge is 0.119 e. The monoisotopic (exact) mass is 277 g/mol. The van der Waals surface area contributed by atoms with Crippen LogP contribution in [0.25, 0.3) is 0 Å². The lowest BCUT2D eigenvalue weighted by molar-refractivity contribution is 0.0453. The second kappa shape index (κ2) is 6.59. The van der Waals surface area contributed by atoms with Crippen LogP contribution >= 0.6 is 0 Å². The van der Waals surface area contributed by atoms with E-state index in [1.54, 1.807) is 0 Å². The van der Waals surface area contributed by atoms with E-state index in [9.17, 15) is 5.11 Å². The van der Waals surface area contributed by atoms with Gasteiger partial charge in [0.1, 0.15) is 5.75 Å². The van der Waals surface area contributed by atoms with E-state index in [2.05, 4.69) is 24.4 Å². The van der Waals surface area contributed by atoms with E-state index in [0.29, 0.717) is 6.54 Å². The summed E-state index contributed by atoms with van der Waals surface area (Å²) in [5.74, 6) is 0.908. The average Bonchev–Trinajstić information content (AvgIpc) is 2.84. The zero-order valence-corrected chi connectivity index (χ0v) is 12.9. The van der Waals surface area contributed by atoms with Crippen molar-refractivity contribution in [3.8, 4) is 5.75 Å². The SMILES string of the molecule is CC(C)Oc1ccc(C(C)NCC2(O)CCCC2)cc1. The van der Waals surface area contributed by atoms with Crippen LogP contribution in [0.5, 0.6) is 5.75 Å². The first-order valence-corrected chi connectivity index (χ1v) is 7.71. The number of hydrogen-bond donors (Lipinski definition) is 2. The second-order valence-electron chi connectivity index (χ2n) is 6.27. The van der Waals surface area contributed by atoms with Crippen LogP contribution in [0.4, 0.5) is 0 Å². The Balaban J connectivity index is 1.87. The molecule has 0 aromatic heterocycles. The van der Waals surface area contributed by atoms with Gasteiger partial charge in [-0.1, -0.05) is 25.0 Å². The van der Waals surface area contributed by atoms with E-state index in [-0.39, 0.29) is 12.1 Å². The molecule has 0 bridgehead atoms. The van der Waals surface area contributed by atoms with Crippen LogP contribution in [0.2, 0.25) is 0 Å². The molecule has 0 heterocycles. The quantitative estimate of drug-likeness (QED) is 0.837. The topological polar surface area (TPSA) is 41.5 Å². The molecule has 3 heteroatoms. The molecular formula is C17H27NO2. The molecule has 1 aromatic rings. The van der Waals surface area contributed by atoms with E-state index < -0.39 is 5.60 Å².